The van der Waals surface area contributed by atoms with Crippen LogP contribution < -0.4 is 0 Å². The Bertz CT molecular complexity index is 874. The summed E-state index contributed by atoms with van der Waals surface area (Å²) in [4.78, 5) is -0.0741. The Balaban J connectivity index is 0.000000984. The SMILES string of the molecule is CCCCCCCCCCCCCCCC[N+](C)(C)Cc1ccccc1.O=S(=O)(O)c1ccccc1.[NaH]. The first-order chi connectivity index (χ1) is 17.2. The Hall–Kier alpha value is -0.690. The summed E-state index contributed by atoms with van der Waals surface area (Å²) in [6, 6.07) is 18.3. The molecular weight excluding hydrogens is 489 g/mol. The maximum atomic E-state index is 10.4. The van der Waals surface area contributed by atoms with Crippen LogP contribution in [0.5, 0.6) is 0 Å². The zero-order chi connectivity index (χ0) is 26.5. The number of nitrogens with zero attached hydrogens (tertiary/aromatic N) is 1. The summed E-state index contributed by atoms with van der Waals surface area (Å²) in [6.07, 6.45) is 20.2. The van der Waals surface area contributed by atoms with Crippen LogP contribution in [0, 0.1) is 0 Å². The molecule has 0 aliphatic rings. The normalized spacial score (nSPS) is 11.4. The Labute approximate surface area is 250 Å². The fraction of sp³-hybridized carbons (Fsp3) is 0.613. The molecule has 0 aliphatic carbocycles. The Kier molecular flexibility index (Phi) is 21.7. The molecule has 0 spiro atoms. The van der Waals surface area contributed by atoms with Gasteiger partial charge in [0.15, 0.2) is 0 Å². The molecule has 0 saturated heterocycles. The van der Waals surface area contributed by atoms with E-state index in [0.29, 0.717) is 0 Å². The van der Waals surface area contributed by atoms with Crippen molar-refractivity contribution in [1.82, 2.24) is 0 Å². The van der Waals surface area contributed by atoms with E-state index in [4.69, 9.17) is 4.55 Å². The molecule has 0 aliphatic heterocycles. The standard InChI is InChI=1S/C25H46N.C6H6O3S.Na.H/c1-4-5-6-7-8-9-10-11-12-13-14-15-16-20-23-26(2,3)24-25-21-18-17-19-22-25;7-10(8,9)6-4-2-1-3-5-6;;/h17-19,21-22H,4-16,20,23-24H2,1-3H3;1-5H,(H,7,8,9);;/q+1;;;. The van der Waals surface area contributed by atoms with Gasteiger partial charge in [-0.25, -0.2) is 0 Å². The van der Waals surface area contributed by atoms with Crippen LogP contribution in [0.25, 0.3) is 0 Å². The van der Waals surface area contributed by atoms with Crippen molar-refractivity contribution in [2.45, 2.75) is 108 Å². The molecular formula is C31H53NNaO3S+. The van der Waals surface area contributed by atoms with Gasteiger partial charge in [-0.3, -0.25) is 4.55 Å². The van der Waals surface area contributed by atoms with Crippen LogP contribution in [-0.4, -0.2) is 67.7 Å². The van der Waals surface area contributed by atoms with Crippen molar-refractivity contribution in [2.24, 2.45) is 0 Å². The van der Waals surface area contributed by atoms with E-state index >= 15 is 0 Å². The van der Waals surface area contributed by atoms with Gasteiger partial charge in [0, 0.05) is 5.56 Å². The van der Waals surface area contributed by atoms with Crippen molar-refractivity contribution in [3.8, 4) is 0 Å². The zero-order valence-electron chi connectivity index (χ0n) is 23.2. The van der Waals surface area contributed by atoms with Gasteiger partial charge in [-0.15, -0.1) is 0 Å². The van der Waals surface area contributed by atoms with Crippen LogP contribution in [0.15, 0.2) is 65.6 Å². The predicted octanol–water partition coefficient (Wildman–Crippen LogP) is 8.03. The molecule has 206 valence electrons. The maximum absolute atomic E-state index is 10.4. The minimum absolute atomic E-state index is 0. The summed E-state index contributed by atoms with van der Waals surface area (Å²) in [7, 11) is 0.738. The zero-order valence-corrected chi connectivity index (χ0v) is 24.0. The van der Waals surface area contributed by atoms with Gasteiger partial charge in [0.05, 0.1) is 25.5 Å². The quantitative estimate of drug-likeness (QED) is 0.0898. The first-order valence-corrected chi connectivity index (χ1v) is 15.6. The first-order valence-electron chi connectivity index (χ1n) is 14.1. The van der Waals surface area contributed by atoms with Crippen molar-refractivity contribution >= 4 is 39.7 Å². The second-order valence-corrected chi connectivity index (χ2v) is 12.1. The van der Waals surface area contributed by atoms with Gasteiger partial charge in [0.1, 0.15) is 6.54 Å². The number of hydrogen-bond acceptors (Lipinski definition) is 2. The van der Waals surface area contributed by atoms with Crippen LogP contribution in [0.2, 0.25) is 0 Å². The van der Waals surface area contributed by atoms with Gasteiger partial charge in [0.2, 0.25) is 0 Å². The molecule has 2 aromatic carbocycles. The fourth-order valence-electron chi connectivity index (χ4n) is 4.48. The molecule has 0 saturated carbocycles. The Morgan fingerprint density at radius 2 is 1.00 bits per heavy atom. The van der Waals surface area contributed by atoms with E-state index in [1.807, 2.05) is 0 Å². The van der Waals surface area contributed by atoms with Crippen molar-refractivity contribution in [3.63, 3.8) is 0 Å². The van der Waals surface area contributed by atoms with Crippen LogP contribution >= 0.6 is 0 Å². The molecule has 6 heteroatoms. The van der Waals surface area contributed by atoms with Crippen molar-refractivity contribution < 1.29 is 17.5 Å². The Morgan fingerprint density at radius 1 is 0.622 bits per heavy atom. The van der Waals surface area contributed by atoms with Gasteiger partial charge >= 0.3 is 29.6 Å². The van der Waals surface area contributed by atoms with Gasteiger partial charge in [-0.1, -0.05) is 133 Å². The molecule has 0 unspecified atom stereocenters. The molecule has 37 heavy (non-hydrogen) atoms. The molecule has 0 bridgehead atoms. The van der Waals surface area contributed by atoms with E-state index in [1.165, 1.54) is 114 Å². The summed E-state index contributed by atoms with van der Waals surface area (Å²) < 4.78 is 30.4. The summed E-state index contributed by atoms with van der Waals surface area (Å²) in [5.74, 6) is 0. The summed E-state index contributed by atoms with van der Waals surface area (Å²) in [6.45, 7) is 4.75. The summed E-state index contributed by atoms with van der Waals surface area (Å²) in [5, 5.41) is 0. The molecule has 0 heterocycles. The van der Waals surface area contributed by atoms with E-state index in [9.17, 15) is 8.42 Å². The molecule has 4 nitrogen and oxygen atoms in total. The molecule has 0 radical (unpaired) electrons. The number of hydrogen-bond donors (Lipinski definition) is 1. The van der Waals surface area contributed by atoms with Gasteiger partial charge in [0.25, 0.3) is 10.1 Å². The molecule has 2 aromatic rings. The number of benzene rings is 2. The van der Waals surface area contributed by atoms with Crippen LogP contribution in [0.1, 0.15) is 102 Å². The van der Waals surface area contributed by atoms with Crippen LogP contribution in [0.3, 0.4) is 0 Å². The number of unbranched alkanes of at least 4 members (excludes halogenated alkanes) is 13. The third-order valence-electron chi connectivity index (χ3n) is 6.61. The molecule has 0 atom stereocenters. The second kappa shape index (κ2) is 22.2. The molecule has 0 amide bonds. The minimum atomic E-state index is -4.00. The van der Waals surface area contributed by atoms with Crippen molar-refractivity contribution in [2.75, 3.05) is 20.6 Å². The molecule has 1 N–H and O–H groups in total. The van der Waals surface area contributed by atoms with Gasteiger partial charge in [-0.2, -0.15) is 8.42 Å². The van der Waals surface area contributed by atoms with E-state index in [1.54, 1.807) is 18.2 Å². The van der Waals surface area contributed by atoms with E-state index < -0.39 is 10.1 Å². The number of rotatable bonds is 18. The average Bonchev–Trinajstić information content (AvgIpc) is 2.85. The van der Waals surface area contributed by atoms with Crippen LogP contribution in [0.4, 0.5) is 0 Å². The molecule has 0 fully saturated rings. The topological polar surface area (TPSA) is 54.4 Å². The summed E-state index contributed by atoms with van der Waals surface area (Å²) in [5.41, 5.74) is 1.46. The van der Waals surface area contributed by atoms with E-state index in [0.717, 1.165) is 11.0 Å². The monoisotopic (exact) mass is 542 g/mol. The second-order valence-electron chi connectivity index (χ2n) is 10.7. The fourth-order valence-corrected chi connectivity index (χ4v) is 4.98. The third kappa shape index (κ3) is 20.9. The average molecular weight is 543 g/mol. The van der Waals surface area contributed by atoms with Gasteiger partial charge in [-0.05, 0) is 25.0 Å². The van der Waals surface area contributed by atoms with E-state index in [2.05, 4.69) is 51.4 Å². The van der Waals surface area contributed by atoms with E-state index in [-0.39, 0.29) is 34.5 Å². The van der Waals surface area contributed by atoms with Crippen LogP contribution in [-0.2, 0) is 16.7 Å². The molecule has 2 rings (SSSR count). The first kappa shape index (κ1) is 36.3. The number of quaternary nitrogens is 1. The van der Waals surface area contributed by atoms with Crippen molar-refractivity contribution in [3.05, 3.63) is 66.2 Å². The Morgan fingerprint density at radius 3 is 1.38 bits per heavy atom. The van der Waals surface area contributed by atoms with Crippen molar-refractivity contribution in [1.29, 1.82) is 0 Å². The summed E-state index contributed by atoms with van der Waals surface area (Å²) >= 11 is 0. The molecule has 0 aromatic heterocycles. The predicted molar refractivity (Wildman–Crippen MR) is 161 cm³/mol. The van der Waals surface area contributed by atoms with Gasteiger partial charge < -0.3 is 4.48 Å². The third-order valence-corrected chi connectivity index (χ3v) is 7.48.